The summed E-state index contributed by atoms with van der Waals surface area (Å²) >= 11 is 0. The first-order valence-corrected chi connectivity index (χ1v) is 12.0. The molecule has 0 radical (unpaired) electrons. The molecule has 0 aliphatic carbocycles. The summed E-state index contributed by atoms with van der Waals surface area (Å²) in [5.41, 5.74) is 0.996. The summed E-state index contributed by atoms with van der Waals surface area (Å²) in [4.78, 5) is 20.9. The Balaban J connectivity index is 1.27. The predicted molar refractivity (Wildman–Crippen MR) is 130 cm³/mol. The van der Waals surface area contributed by atoms with Crippen molar-refractivity contribution in [3.63, 3.8) is 0 Å². The van der Waals surface area contributed by atoms with Gasteiger partial charge in [0.25, 0.3) is 6.43 Å². The summed E-state index contributed by atoms with van der Waals surface area (Å²) in [5.74, 6) is -0.380. The molecule has 9 nitrogen and oxygen atoms in total. The largest absolute Gasteiger partial charge is 0.380 e. The van der Waals surface area contributed by atoms with E-state index in [1.807, 2.05) is 23.1 Å². The number of alkyl halides is 2. The first-order valence-electron chi connectivity index (χ1n) is 12.0. The number of aromatic nitrogens is 4. The van der Waals surface area contributed by atoms with Crippen LogP contribution in [0.1, 0.15) is 17.6 Å². The monoisotopic (exact) mass is 511 g/mol. The van der Waals surface area contributed by atoms with E-state index in [0.29, 0.717) is 50.9 Å². The van der Waals surface area contributed by atoms with Crippen molar-refractivity contribution in [2.45, 2.75) is 13.0 Å². The fraction of sp³-hybridized carbons (Fsp3) is 0.360. The number of hydrogen-bond acceptors (Lipinski definition) is 7. The van der Waals surface area contributed by atoms with Crippen LogP contribution in [-0.4, -0.2) is 70.0 Å². The van der Waals surface area contributed by atoms with Crippen LogP contribution < -0.4 is 10.2 Å². The minimum atomic E-state index is -2.90. The SMILES string of the molecule is O=C(C1COC1)N1CCN(c2ccc3c(c2)c(NCc2cccc(C(F)F)c2F)nn2ncnc32)CC1. The molecule has 2 aromatic heterocycles. The number of rotatable bonds is 6. The lowest BCUT2D eigenvalue weighted by Gasteiger charge is -2.39. The molecule has 192 valence electrons. The molecule has 0 bridgehead atoms. The van der Waals surface area contributed by atoms with E-state index in [1.165, 1.54) is 23.1 Å². The van der Waals surface area contributed by atoms with Crippen LogP contribution in [0.15, 0.2) is 42.7 Å². The number of benzene rings is 2. The molecule has 0 spiro atoms. The maximum atomic E-state index is 14.6. The molecular weight excluding hydrogens is 487 g/mol. The van der Waals surface area contributed by atoms with Gasteiger partial charge < -0.3 is 19.9 Å². The highest BCUT2D eigenvalue weighted by atomic mass is 19.3. The van der Waals surface area contributed by atoms with E-state index in [0.717, 1.165) is 22.5 Å². The van der Waals surface area contributed by atoms with Crippen molar-refractivity contribution in [1.29, 1.82) is 0 Å². The molecule has 2 aliphatic heterocycles. The Hall–Kier alpha value is -3.93. The molecule has 0 atom stereocenters. The third-order valence-corrected chi connectivity index (χ3v) is 6.96. The molecule has 37 heavy (non-hydrogen) atoms. The summed E-state index contributed by atoms with van der Waals surface area (Å²) in [6, 6.07) is 9.86. The van der Waals surface area contributed by atoms with Gasteiger partial charge in [-0.1, -0.05) is 18.2 Å². The number of anilines is 2. The summed E-state index contributed by atoms with van der Waals surface area (Å²) in [7, 11) is 0. The van der Waals surface area contributed by atoms with E-state index >= 15 is 0 Å². The van der Waals surface area contributed by atoms with E-state index in [2.05, 4.69) is 25.4 Å². The van der Waals surface area contributed by atoms with Gasteiger partial charge in [0, 0.05) is 54.7 Å². The highest BCUT2D eigenvalue weighted by Gasteiger charge is 2.32. The number of amides is 1. The number of piperazine rings is 1. The first kappa shape index (κ1) is 23.5. The standard InChI is InChI=1S/C25H24F3N7O2/c26-21-15(2-1-3-19(21)22(27)28)11-29-23-20-10-17(4-5-18(20)24-30-14-31-35(24)32-23)33-6-8-34(9-7-33)25(36)16-12-37-13-16/h1-5,10,14,16,22H,6-9,11-13H2,(H,29,32). The van der Waals surface area contributed by atoms with Gasteiger partial charge in [0.05, 0.1) is 24.7 Å². The van der Waals surface area contributed by atoms with Gasteiger partial charge in [0.15, 0.2) is 11.5 Å². The number of halogens is 3. The minimum Gasteiger partial charge on any atom is -0.380 e. The fourth-order valence-electron chi connectivity index (χ4n) is 4.79. The van der Waals surface area contributed by atoms with Gasteiger partial charge in [-0.15, -0.1) is 14.8 Å². The molecule has 2 aromatic carbocycles. The Labute approximate surface area is 209 Å². The number of ether oxygens (including phenoxy) is 1. The molecule has 2 aliphatic rings. The Kier molecular flexibility index (Phi) is 6.03. The van der Waals surface area contributed by atoms with E-state index in [4.69, 9.17) is 4.74 Å². The highest BCUT2D eigenvalue weighted by molar-refractivity contribution is 6.01. The molecule has 2 saturated heterocycles. The number of hydrogen-bond donors (Lipinski definition) is 1. The average Bonchev–Trinajstić information content (AvgIpc) is 3.35. The first-order chi connectivity index (χ1) is 18.0. The second kappa shape index (κ2) is 9.51. The van der Waals surface area contributed by atoms with Gasteiger partial charge in [0.2, 0.25) is 5.91 Å². The van der Waals surface area contributed by atoms with Crippen LogP contribution in [-0.2, 0) is 16.1 Å². The molecule has 2 fully saturated rings. The summed E-state index contributed by atoms with van der Waals surface area (Å²) in [5, 5.41) is 13.3. The lowest BCUT2D eigenvalue weighted by Crippen LogP contribution is -2.53. The Morgan fingerprint density at radius 3 is 2.65 bits per heavy atom. The quantitative estimate of drug-likeness (QED) is 0.425. The number of nitrogens with zero attached hydrogens (tertiary/aromatic N) is 6. The zero-order chi connectivity index (χ0) is 25.5. The van der Waals surface area contributed by atoms with Crippen molar-refractivity contribution in [1.82, 2.24) is 24.7 Å². The molecule has 0 unspecified atom stereocenters. The Bertz CT molecular complexity index is 1470. The molecule has 12 heteroatoms. The van der Waals surface area contributed by atoms with Crippen molar-refractivity contribution in [3.8, 4) is 0 Å². The van der Waals surface area contributed by atoms with E-state index in [1.54, 1.807) is 0 Å². The molecular formula is C25H24F3N7O2. The van der Waals surface area contributed by atoms with Crippen LogP contribution >= 0.6 is 0 Å². The third kappa shape index (κ3) is 4.31. The molecule has 0 saturated carbocycles. The number of nitrogens with one attached hydrogen (secondary N) is 1. The van der Waals surface area contributed by atoms with Crippen molar-refractivity contribution < 1.29 is 22.7 Å². The topological polar surface area (TPSA) is 87.9 Å². The normalized spacial score (nSPS) is 16.5. The second-order valence-electron chi connectivity index (χ2n) is 9.17. The number of fused-ring (bicyclic) bond motifs is 3. The molecule has 1 amide bonds. The summed E-state index contributed by atoms with van der Waals surface area (Å²) < 4.78 is 47.4. The van der Waals surface area contributed by atoms with E-state index in [-0.39, 0.29) is 23.9 Å². The fourth-order valence-corrected chi connectivity index (χ4v) is 4.79. The summed E-state index contributed by atoms with van der Waals surface area (Å²) in [6.45, 7) is 3.57. The molecule has 4 aromatic rings. The number of carbonyl (C=O) groups is 1. The molecule has 1 N–H and O–H groups in total. The van der Waals surface area contributed by atoms with Crippen LogP contribution in [0, 0.1) is 11.7 Å². The van der Waals surface area contributed by atoms with Gasteiger partial charge in [-0.2, -0.15) is 0 Å². The molecule has 4 heterocycles. The van der Waals surface area contributed by atoms with E-state index in [9.17, 15) is 18.0 Å². The van der Waals surface area contributed by atoms with Gasteiger partial charge in [0.1, 0.15) is 12.1 Å². The van der Waals surface area contributed by atoms with Crippen molar-refractivity contribution in [2.75, 3.05) is 49.6 Å². The van der Waals surface area contributed by atoms with Gasteiger partial charge >= 0.3 is 0 Å². The number of carbonyl (C=O) groups excluding carboxylic acids is 1. The van der Waals surface area contributed by atoms with Crippen LogP contribution in [0.4, 0.5) is 24.7 Å². The van der Waals surface area contributed by atoms with Crippen LogP contribution in [0.5, 0.6) is 0 Å². The summed E-state index contributed by atoms with van der Waals surface area (Å²) in [6.07, 6.45) is -1.50. The average molecular weight is 512 g/mol. The van der Waals surface area contributed by atoms with E-state index < -0.39 is 17.8 Å². The van der Waals surface area contributed by atoms with Crippen LogP contribution in [0.3, 0.4) is 0 Å². The highest BCUT2D eigenvalue weighted by Crippen LogP contribution is 2.31. The smallest absolute Gasteiger partial charge is 0.266 e. The maximum Gasteiger partial charge on any atom is 0.266 e. The van der Waals surface area contributed by atoms with Crippen LogP contribution in [0.2, 0.25) is 0 Å². The lowest BCUT2D eigenvalue weighted by molar-refractivity contribution is -0.150. The van der Waals surface area contributed by atoms with Gasteiger partial charge in [-0.05, 0) is 18.2 Å². The zero-order valence-electron chi connectivity index (χ0n) is 19.8. The zero-order valence-corrected chi connectivity index (χ0v) is 19.8. The van der Waals surface area contributed by atoms with Gasteiger partial charge in [-0.25, -0.2) is 18.2 Å². The third-order valence-electron chi connectivity index (χ3n) is 6.96. The molecule has 6 rings (SSSR count). The van der Waals surface area contributed by atoms with Crippen molar-refractivity contribution in [2.24, 2.45) is 5.92 Å². The minimum absolute atomic E-state index is 0.0243. The Morgan fingerprint density at radius 1 is 1.11 bits per heavy atom. The maximum absolute atomic E-state index is 14.6. The van der Waals surface area contributed by atoms with Gasteiger partial charge in [-0.3, -0.25) is 4.79 Å². The predicted octanol–water partition coefficient (Wildman–Crippen LogP) is 3.26. The van der Waals surface area contributed by atoms with Crippen molar-refractivity contribution in [3.05, 3.63) is 59.7 Å². The lowest BCUT2D eigenvalue weighted by atomic mass is 10.1. The Morgan fingerprint density at radius 2 is 1.92 bits per heavy atom. The second-order valence-corrected chi connectivity index (χ2v) is 9.17. The van der Waals surface area contributed by atoms with Crippen LogP contribution in [0.25, 0.3) is 16.4 Å². The van der Waals surface area contributed by atoms with Crippen molar-refractivity contribution >= 4 is 33.8 Å².